The van der Waals surface area contributed by atoms with Crippen molar-refractivity contribution in [1.82, 2.24) is 0 Å². The van der Waals surface area contributed by atoms with Crippen molar-refractivity contribution in [3.05, 3.63) is 94.4 Å². The number of nitriles is 1. The fourth-order valence-corrected chi connectivity index (χ4v) is 3.61. The van der Waals surface area contributed by atoms with Crippen LogP contribution < -0.4 is 15.2 Å². The highest BCUT2D eigenvalue weighted by atomic mass is 16.5. The molecule has 0 amide bonds. The number of para-hydroxylation sites is 1. The zero-order valence-electron chi connectivity index (χ0n) is 17.2. The van der Waals surface area contributed by atoms with Gasteiger partial charge in [0.05, 0.1) is 18.7 Å². The molecule has 0 aliphatic carbocycles. The lowest BCUT2D eigenvalue weighted by Gasteiger charge is -2.28. The maximum absolute atomic E-state index is 10.5. The number of nitrogens with two attached hydrogens (primary N) is 1. The SMILES string of the molecule is COc1ccccc1[C@H]1C(C#N)=C(N)Oc2cc(O)c(C=Nc3ccc(C)cc3)cc21. The summed E-state index contributed by atoms with van der Waals surface area (Å²) in [5.74, 6) is 0.520. The molecule has 0 radical (unpaired) electrons. The van der Waals surface area contributed by atoms with Crippen LogP contribution in [-0.2, 0) is 0 Å². The zero-order valence-corrected chi connectivity index (χ0v) is 17.2. The van der Waals surface area contributed by atoms with Crippen LogP contribution in [0, 0.1) is 18.3 Å². The topological polar surface area (TPSA) is 101 Å². The van der Waals surface area contributed by atoms with Gasteiger partial charge in [0.2, 0.25) is 5.88 Å². The van der Waals surface area contributed by atoms with E-state index in [9.17, 15) is 10.4 Å². The Morgan fingerprint density at radius 3 is 2.58 bits per heavy atom. The highest BCUT2D eigenvalue weighted by molar-refractivity contribution is 5.86. The average Bonchev–Trinajstić information content (AvgIpc) is 2.78. The number of aromatic hydroxyl groups is 1. The minimum absolute atomic E-state index is 0.00148. The molecule has 3 aromatic carbocycles. The molecule has 3 aromatic rings. The fourth-order valence-electron chi connectivity index (χ4n) is 3.61. The quantitative estimate of drug-likeness (QED) is 0.607. The van der Waals surface area contributed by atoms with Crippen LogP contribution in [0.3, 0.4) is 0 Å². The second kappa shape index (κ2) is 8.25. The van der Waals surface area contributed by atoms with Crippen molar-refractivity contribution < 1.29 is 14.6 Å². The maximum atomic E-state index is 10.5. The van der Waals surface area contributed by atoms with E-state index in [1.54, 1.807) is 19.4 Å². The number of methoxy groups -OCH3 is 1. The molecular formula is C25H21N3O3. The molecule has 3 N–H and O–H groups in total. The van der Waals surface area contributed by atoms with Crippen molar-refractivity contribution in [3.8, 4) is 23.3 Å². The molecule has 0 aromatic heterocycles. The molecule has 0 saturated carbocycles. The van der Waals surface area contributed by atoms with E-state index in [2.05, 4.69) is 11.1 Å². The molecule has 0 fully saturated rings. The molecule has 0 spiro atoms. The first-order valence-electron chi connectivity index (χ1n) is 9.70. The third-order valence-electron chi connectivity index (χ3n) is 5.20. The van der Waals surface area contributed by atoms with Crippen LogP contribution in [0.15, 0.2) is 77.1 Å². The number of hydrogen-bond donors (Lipinski definition) is 2. The Bertz CT molecular complexity index is 1240. The Morgan fingerprint density at radius 1 is 1.13 bits per heavy atom. The van der Waals surface area contributed by atoms with Crippen LogP contribution >= 0.6 is 0 Å². The lowest BCUT2D eigenvalue weighted by atomic mass is 9.82. The molecule has 154 valence electrons. The summed E-state index contributed by atoms with van der Waals surface area (Å²) >= 11 is 0. The Morgan fingerprint density at radius 2 is 1.87 bits per heavy atom. The Balaban J connectivity index is 1.84. The number of aryl methyl sites for hydroxylation is 1. The molecule has 0 bridgehead atoms. The van der Waals surface area contributed by atoms with Crippen LogP contribution in [0.2, 0.25) is 0 Å². The molecule has 6 nitrogen and oxygen atoms in total. The summed E-state index contributed by atoms with van der Waals surface area (Å²) in [6.45, 7) is 2.01. The number of fused-ring (bicyclic) bond motifs is 1. The first-order chi connectivity index (χ1) is 15.0. The number of hydrogen-bond acceptors (Lipinski definition) is 6. The monoisotopic (exact) mass is 411 g/mol. The van der Waals surface area contributed by atoms with Gasteiger partial charge in [0.15, 0.2) is 0 Å². The number of aliphatic imine (C=N–C) groups is 1. The summed E-state index contributed by atoms with van der Waals surface area (Å²) in [5, 5.41) is 20.3. The predicted molar refractivity (Wildman–Crippen MR) is 119 cm³/mol. The number of phenolic OH excluding ortho intramolecular Hbond substituents is 1. The maximum Gasteiger partial charge on any atom is 0.205 e. The van der Waals surface area contributed by atoms with Gasteiger partial charge in [-0.15, -0.1) is 0 Å². The van der Waals surface area contributed by atoms with Gasteiger partial charge >= 0.3 is 0 Å². The lowest BCUT2D eigenvalue weighted by molar-refractivity contribution is 0.382. The van der Waals surface area contributed by atoms with Crippen LogP contribution in [0.1, 0.15) is 28.2 Å². The van der Waals surface area contributed by atoms with Gasteiger partial charge in [-0.2, -0.15) is 5.26 Å². The van der Waals surface area contributed by atoms with Gasteiger partial charge in [-0.05, 0) is 31.2 Å². The summed E-state index contributed by atoms with van der Waals surface area (Å²) in [7, 11) is 1.58. The molecular weight excluding hydrogens is 390 g/mol. The van der Waals surface area contributed by atoms with Gasteiger partial charge in [-0.3, -0.25) is 4.99 Å². The third kappa shape index (κ3) is 3.81. The Labute approximate surface area is 180 Å². The number of rotatable bonds is 4. The summed E-state index contributed by atoms with van der Waals surface area (Å²) in [4.78, 5) is 4.46. The largest absolute Gasteiger partial charge is 0.507 e. The van der Waals surface area contributed by atoms with Gasteiger partial charge in [-0.1, -0.05) is 35.9 Å². The highest BCUT2D eigenvalue weighted by Gasteiger charge is 2.33. The van der Waals surface area contributed by atoms with Gasteiger partial charge < -0.3 is 20.3 Å². The van der Waals surface area contributed by atoms with E-state index in [4.69, 9.17) is 15.2 Å². The second-order valence-electron chi connectivity index (χ2n) is 7.21. The van der Waals surface area contributed by atoms with E-state index in [0.717, 1.165) is 16.8 Å². The molecule has 1 atom stereocenters. The van der Waals surface area contributed by atoms with Crippen LogP contribution in [0.5, 0.6) is 17.2 Å². The average molecular weight is 411 g/mol. The lowest BCUT2D eigenvalue weighted by Crippen LogP contribution is -2.21. The molecule has 1 aliphatic rings. The molecule has 1 aliphatic heterocycles. The standard InChI is InChI=1S/C25H21N3O3/c1-15-7-9-17(10-8-15)28-14-16-11-19-23(12-21(16)29)31-25(27)20(13-26)24(19)18-5-3-4-6-22(18)30-2/h3-12,14,24,29H,27H2,1-2H3/t24-/m1/s1. The fraction of sp³-hybridized carbons (Fsp3) is 0.120. The van der Waals surface area contributed by atoms with Crippen molar-refractivity contribution in [1.29, 1.82) is 5.26 Å². The molecule has 31 heavy (non-hydrogen) atoms. The number of ether oxygens (including phenoxy) is 2. The third-order valence-corrected chi connectivity index (χ3v) is 5.20. The Kier molecular flexibility index (Phi) is 5.33. The van der Waals surface area contributed by atoms with E-state index in [1.807, 2.05) is 55.5 Å². The van der Waals surface area contributed by atoms with Gasteiger partial charge in [0.1, 0.15) is 28.9 Å². The first kappa shape index (κ1) is 20.0. The highest BCUT2D eigenvalue weighted by Crippen LogP contribution is 2.46. The minimum atomic E-state index is -0.503. The molecule has 4 rings (SSSR count). The summed E-state index contributed by atoms with van der Waals surface area (Å²) in [5.41, 5.74) is 10.2. The van der Waals surface area contributed by atoms with Gasteiger partial charge in [0, 0.05) is 29.0 Å². The summed E-state index contributed by atoms with van der Waals surface area (Å²) in [6.07, 6.45) is 1.59. The smallest absolute Gasteiger partial charge is 0.205 e. The predicted octanol–water partition coefficient (Wildman–Crippen LogP) is 4.68. The number of phenols is 1. The van der Waals surface area contributed by atoms with Gasteiger partial charge in [-0.25, -0.2) is 0 Å². The van der Waals surface area contributed by atoms with Crippen molar-refractivity contribution in [2.24, 2.45) is 10.7 Å². The second-order valence-corrected chi connectivity index (χ2v) is 7.21. The van der Waals surface area contributed by atoms with E-state index in [1.165, 1.54) is 6.07 Å². The van der Waals surface area contributed by atoms with E-state index in [0.29, 0.717) is 22.6 Å². The van der Waals surface area contributed by atoms with Crippen LogP contribution in [-0.4, -0.2) is 18.4 Å². The minimum Gasteiger partial charge on any atom is -0.507 e. The molecule has 1 heterocycles. The van der Waals surface area contributed by atoms with E-state index in [-0.39, 0.29) is 17.2 Å². The Hall–Kier alpha value is -4.24. The number of nitrogens with zero attached hydrogens (tertiary/aromatic N) is 2. The molecule has 0 unspecified atom stereocenters. The summed E-state index contributed by atoms with van der Waals surface area (Å²) in [6, 6.07) is 20.6. The summed E-state index contributed by atoms with van der Waals surface area (Å²) < 4.78 is 11.2. The number of benzene rings is 3. The number of allylic oxidation sites excluding steroid dienone is 1. The first-order valence-corrected chi connectivity index (χ1v) is 9.70. The van der Waals surface area contributed by atoms with Crippen LogP contribution in [0.4, 0.5) is 5.69 Å². The molecule has 0 saturated heterocycles. The van der Waals surface area contributed by atoms with Crippen molar-refractivity contribution in [3.63, 3.8) is 0 Å². The van der Waals surface area contributed by atoms with E-state index < -0.39 is 5.92 Å². The normalized spacial score (nSPS) is 15.3. The van der Waals surface area contributed by atoms with Crippen molar-refractivity contribution >= 4 is 11.9 Å². The van der Waals surface area contributed by atoms with E-state index >= 15 is 0 Å². The van der Waals surface area contributed by atoms with Crippen molar-refractivity contribution in [2.45, 2.75) is 12.8 Å². The zero-order chi connectivity index (χ0) is 22.0. The molecule has 6 heteroatoms. The van der Waals surface area contributed by atoms with Crippen molar-refractivity contribution in [2.75, 3.05) is 7.11 Å². The van der Waals surface area contributed by atoms with Gasteiger partial charge in [0.25, 0.3) is 0 Å². The van der Waals surface area contributed by atoms with Crippen LogP contribution in [0.25, 0.3) is 0 Å².